The summed E-state index contributed by atoms with van der Waals surface area (Å²) in [6.07, 6.45) is 1.68. The van der Waals surface area contributed by atoms with E-state index in [1.54, 1.807) is 24.3 Å². The largest absolute Gasteiger partial charge is 0.482 e. The molecule has 7 heteroatoms. The van der Waals surface area contributed by atoms with Gasteiger partial charge in [-0.2, -0.15) is 13.2 Å². The van der Waals surface area contributed by atoms with Crippen molar-refractivity contribution in [3.63, 3.8) is 0 Å². The number of hydrogen-bond donors (Lipinski definition) is 1. The fraction of sp³-hybridized carbons (Fsp3) is 0.125. The number of carbonyl (C=O) groups is 1. The molecule has 0 saturated carbocycles. The number of rotatable bonds is 4. The first-order valence-electron chi connectivity index (χ1n) is 6.41. The quantitative estimate of drug-likeness (QED) is 0.881. The van der Waals surface area contributed by atoms with Crippen LogP contribution in [-0.4, -0.2) is 17.5 Å². The summed E-state index contributed by atoms with van der Waals surface area (Å²) in [4.78, 5) is 15.0. The first kappa shape index (κ1) is 16.4. The molecule has 1 N–H and O–H groups in total. The minimum atomic E-state index is -4.58. The van der Waals surface area contributed by atoms with Crippen molar-refractivity contribution in [2.24, 2.45) is 0 Å². The van der Waals surface area contributed by atoms with Crippen LogP contribution in [0, 0.1) is 12.3 Å². The normalized spacial score (nSPS) is 10.7. The minimum absolute atomic E-state index is 0.0221. The smallest absolute Gasteiger partial charge is 0.433 e. The van der Waals surface area contributed by atoms with Crippen molar-refractivity contribution in [1.29, 1.82) is 0 Å². The number of pyridine rings is 1. The van der Waals surface area contributed by atoms with Gasteiger partial charge in [0.1, 0.15) is 11.4 Å². The van der Waals surface area contributed by atoms with Gasteiger partial charge in [0.05, 0.1) is 5.56 Å². The number of aromatic nitrogens is 1. The van der Waals surface area contributed by atoms with Gasteiger partial charge in [0.25, 0.3) is 5.91 Å². The van der Waals surface area contributed by atoms with Crippen molar-refractivity contribution in [1.82, 2.24) is 4.98 Å². The molecule has 0 saturated heterocycles. The van der Waals surface area contributed by atoms with Crippen molar-refractivity contribution in [3.8, 4) is 18.1 Å². The van der Waals surface area contributed by atoms with Gasteiger partial charge in [-0.05, 0) is 24.3 Å². The molecular weight excluding hydrogens is 309 g/mol. The molecule has 1 aromatic carbocycles. The second-order valence-electron chi connectivity index (χ2n) is 4.40. The van der Waals surface area contributed by atoms with Gasteiger partial charge >= 0.3 is 6.18 Å². The Morgan fingerprint density at radius 2 is 2.04 bits per heavy atom. The monoisotopic (exact) mass is 320 g/mol. The molecule has 0 atom stereocenters. The predicted octanol–water partition coefficient (Wildman–Crippen LogP) is 3.10. The highest BCUT2D eigenvalue weighted by Crippen LogP contribution is 2.28. The van der Waals surface area contributed by atoms with Crippen LogP contribution in [0.25, 0.3) is 0 Å². The van der Waals surface area contributed by atoms with E-state index in [1.165, 1.54) is 6.07 Å². The topological polar surface area (TPSA) is 51.2 Å². The molecule has 0 radical (unpaired) electrons. The molecule has 1 amide bonds. The van der Waals surface area contributed by atoms with Crippen LogP contribution in [-0.2, 0) is 11.0 Å². The Hall–Kier alpha value is -3.01. The van der Waals surface area contributed by atoms with Crippen molar-refractivity contribution in [3.05, 3.63) is 53.9 Å². The van der Waals surface area contributed by atoms with E-state index in [-0.39, 0.29) is 12.3 Å². The zero-order valence-electron chi connectivity index (χ0n) is 11.7. The maximum atomic E-state index is 12.5. The highest BCUT2D eigenvalue weighted by atomic mass is 19.4. The van der Waals surface area contributed by atoms with Gasteiger partial charge in [-0.15, -0.1) is 6.42 Å². The Kier molecular flexibility index (Phi) is 4.86. The summed E-state index contributed by atoms with van der Waals surface area (Å²) < 4.78 is 42.9. The number of benzene rings is 1. The molecule has 1 heterocycles. The van der Waals surface area contributed by atoms with E-state index in [9.17, 15) is 18.0 Å². The molecule has 0 aliphatic heterocycles. The van der Waals surface area contributed by atoms with Crippen molar-refractivity contribution in [2.75, 3.05) is 11.9 Å². The van der Waals surface area contributed by atoms with Crippen LogP contribution in [0.1, 0.15) is 11.3 Å². The standard InChI is InChI=1S/C16H11F3N2O2/c1-2-11-5-3-4-6-13(11)23-10-15(22)21-12-7-8-20-14(9-12)16(17,18)19/h1,3-9H,10H2,(H,20,21,22). The van der Waals surface area contributed by atoms with Gasteiger partial charge in [0, 0.05) is 11.9 Å². The Morgan fingerprint density at radius 1 is 1.30 bits per heavy atom. The lowest BCUT2D eigenvalue weighted by Crippen LogP contribution is -2.21. The molecular formula is C16H11F3N2O2. The number of halogens is 3. The van der Waals surface area contributed by atoms with E-state index in [1.807, 2.05) is 0 Å². The van der Waals surface area contributed by atoms with E-state index in [2.05, 4.69) is 16.2 Å². The lowest BCUT2D eigenvalue weighted by Gasteiger charge is -2.10. The fourth-order valence-corrected chi connectivity index (χ4v) is 1.72. The average Bonchev–Trinajstić information content (AvgIpc) is 2.52. The first-order chi connectivity index (χ1) is 10.9. The third-order valence-electron chi connectivity index (χ3n) is 2.74. The summed E-state index contributed by atoms with van der Waals surface area (Å²) >= 11 is 0. The molecule has 1 aromatic heterocycles. The molecule has 0 fully saturated rings. The van der Waals surface area contributed by atoms with E-state index in [4.69, 9.17) is 11.2 Å². The lowest BCUT2D eigenvalue weighted by atomic mass is 10.2. The maximum absolute atomic E-state index is 12.5. The predicted molar refractivity (Wildman–Crippen MR) is 77.7 cm³/mol. The number of para-hydroxylation sites is 1. The van der Waals surface area contributed by atoms with Crippen LogP contribution < -0.4 is 10.1 Å². The van der Waals surface area contributed by atoms with Crippen molar-refractivity contribution >= 4 is 11.6 Å². The summed E-state index contributed by atoms with van der Waals surface area (Å²) in [5.74, 6) is 2.13. The van der Waals surface area contributed by atoms with Crippen LogP contribution in [0.15, 0.2) is 42.6 Å². The highest BCUT2D eigenvalue weighted by molar-refractivity contribution is 5.91. The molecule has 23 heavy (non-hydrogen) atoms. The summed E-state index contributed by atoms with van der Waals surface area (Å²) in [5, 5.41) is 2.31. The Morgan fingerprint density at radius 3 is 2.74 bits per heavy atom. The Balaban J connectivity index is 1.99. The van der Waals surface area contributed by atoms with Crippen LogP contribution in [0.4, 0.5) is 18.9 Å². The molecule has 0 aliphatic rings. The highest BCUT2D eigenvalue weighted by Gasteiger charge is 2.32. The molecule has 118 valence electrons. The first-order valence-corrected chi connectivity index (χ1v) is 6.41. The second kappa shape index (κ2) is 6.83. The zero-order valence-corrected chi connectivity index (χ0v) is 11.7. The van der Waals surface area contributed by atoms with Crippen molar-refractivity contribution in [2.45, 2.75) is 6.18 Å². The van der Waals surface area contributed by atoms with Gasteiger partial charge < -0.3 is 10.1 Å². The molecule has 2 rings (SSSR count). The second-order valence-corrected chi connectivity index (χ2v) is 4.40. The van der Waals surface area contributed by atoms with Gasteiger partial charge in [0.2, 0.25) is 0 Å². The molecule has 4 nitrogen and oxygen atoms in total. The van der Waals surface area contributed by atoms with Crippen LogP contribution in [0.5, 0.6) is 5.75 Å². The number of amides is 1. The molecule has 0 aliphatic carbocycles. The van der Waals surface area contributed by atoms with Gasteiger partial charge in [0.15, 0.2) is 6.61 Å². The Labute approximate surface area is 130 Å². The van der Waals surface area contributed by atoms with E-state index < -0.39 is 17.8 Å². The average molecular weight is 320 g/mol. The number of hydrogen-bond acceptors (Lipinski definition) is 3. The van der Waals surface area contributed by atoms with Gasteiger partial charge in [-0.1, -0.05) is 18.1 Å². The fourth-order valence-electron chi connectivity index (χ4n) is 1.72. The van der Waals surface area contributed by atoms with Gasteiger partial charge in [-0.3, -0.25) is 9.78 Å². The molecule has 2 aromatic rings. The number of ether oxygens (including phenoxy) is 1. The third-order valence-corrected chi connectivity index (χ3v) is 2.74. The summed E-state index contributed by atoms with van der Waals surface area (Å²) in [6, 6.07) is 8.64. The summed E-state index contributed by atoms with van der Waals surface area (Å²) in [5.41, 5.74) is -0.636. The summed E-state index contributed by atoms with van der Waals surface area (Å²) in [7, 11) is 0. The number of terminal acetylenes is 1. The third kappa shape index (κ3) is 4.48. The summed E-state index contributed by atoms with van der Waals surface area (Å²) in [6.45, 7) is -0.387. The van der Waals surface area contributed by atoms with Crippen LogP contribution >= 0.6 is 0 Å². The van der Waals surface area contributed by atoms with Crippen LogP contribution in [0.2, 0.25) is 0 Å². The maximum Gasteiger partial charge on any atom is 0.433 e. The van der Waals surface area contributed by atoms with Gasteiger partial charge in [-0.25, -0.2) is 0 Å². The molecule has 0 bridgehead atoms. The van der Waals surface area contributed by atoms with E-state index in [0.717, 1.165) is 12.3 Å². The number of carbonyl (C=O) groups excluding carboxylic acids is 1. The van der Waals surface area contributed by atoms with Crippen LogP contribution in [0.3, 0.4) is 0 Å². The van der Waals surface area contributed by atoms with E-state index >= 15 is 0 Å². The number of nitrogens with one attached hydrogen (secondary N) is 1. The zero-order chi connectivity index (χ0) is 16.9. The number of anilines is 1. The lowest BCUT2D eigenvalue weighted by molar-refractivity contribution is -0.141. The Bertz CT molecular complexity index is 751. The number of nitrogens with zero attached hydrogens (tertiary/aromatic N) is 1. The molecule has 0 spiro atoms. The number of alkyl halides is 3. The SMILES string of the molecule is C#Cc1ccccc1OCC(=O)Nc1ccnc(C(F)(F)F)c1. The van der Waals surface area contributed by atoms with E-state index in [0.29, 0.717) is 11.3 Å². The van der Waals surface area contributed by atoms with Crippen molar-refractivity contribution < 1.29 is 22.7 Å². The molecule has 0 unspecified atom stereocenters. The minimum Gasteiger partial charge on any atom is -0.482 e.